The summed E-state index contributed by atoms with van der Waals surface area (Å²) in [6.45, 7) is 8.34. The molecule has 1 aromatic rings. The zero-order valence-electron chi connectivity index (χ0n) is 11.6. The number of likely N-dealkylation sites (N-methyl/N-ethyl adjacent to an activating group) is 1. The average Bonchev–Trinajstić information content (AvgIpc) is 2.28. The summed E-state index contributed by atoms with van der Waals surface area (Å²) in [4.78, 5) is 2.37. The monoisotopic (exact) mass is 234 g/mol. The van der Waals surface area contributed by atoms with Crippen molar-refractivity contribution < 1.29 is 0 Å². The molecule has 2 N–H and O–H groups in total. The van der Waals surface area contributed by atoms with Crippen LogP contribution in [0.1, 0.15) is 31.4 Å². The van der Waals surface area contributed by atoms with Crippen molar-refractivity contribution in [3.8, 4) is 0 Å². The van der Waals surface area contributed by atoms with Gasteiger partial charge < -0.3 is 5.73 Å². The van der Waals surface area contributed by atoms with Gasteiger partial charge in [-0.1, -0.05) is 43.7 Å². The van der Waals surface area contributed by atoms with E-state index in [4.69, 9.17) is 5.73 Å². The molecule has 1 rings (SSSR count). The molecule has 2 heteroatoms. The van der Waals surface area contributed by atoms with Crippen LogP contribution in [0.15, 0.2) is 24.3 Å². The first-order valence-corrected chi connectivity index (χ1v) is 6.48. The fraction of sp³-hybridized carbons (Fsp3) is 0.600. The Kier molecular flexibility index (Phi) is 5.66. The number of nitrogens with zero attached hydrogens (tertiary/aromatic N) is 1. The molecule has 2 nitrogen and oxygen atoms in total. The lowest BCUT2D eigenvalue weighted by atomic mass is 10.0. The third-order valence-corrected chi connectivity index (χ3v) is 3.19. The molecule has 1 aromatic carbocycles. The van der Waals surface area contributed by atoms with Crippen molar-refractivity contribution in [1.29, 1.82) is 0 Å². The standard InChI is InChI=1S/C15H26N2/c1-12(2)9-15(10-16)17(4)11-14-7-5-13(3)6-8-14/h5-8,12,15H,9-11,16H2,1-4H3. The molecule has 0 saturated heterocycles. The Hall–Kier alpha value is -0.860. The minimum absolute atomic E-state index is 0.483. The topological polar surface area (TPSA) is 29.3 Å². The third kappa shape index (κ3) is 4.88. The summed E-state index contributed by atoms with van der Waals surface area (Å²) in [6, 6.07) is 9.23. The van der Waals surface area contributed by atoms with Crippen LogP contribution >= 0.6 is 0 Å². The Balaban J connectivity index is 2.57. The highest BCUT2D eigenvalue weighted by Crippen LogP contribution is 2.13. The summed E-state index contributed by atoms with van der Waals surface area (Å²) in [5.74, 6) is 0.698. The molecule has 0 aliphatic carbocycles. The molecule has 0 aromatic heterocycles. The molecule has 0 spiro atoms. The number of nitrogens with two attached hydrogens (primary N) is 1. The van der Waals surface area contributed by atoms with Crippen LogP contribution in [0.25, 0.3) is 0 Å². The van der Waals surface area contributed by atoms with E-state index < -0.39 is 0 Å². The zero-order chi connectivity index (χ0) is 12.8. The summed E-state index contributed by atoms with van der Waals surface area (Å²) in [7, 11) is 2.17. The van der Waals surface area contributed by atoms with E-state index in [-0.39, 0.29) is 0 Å². The normalized spacial score (nSPS) is 13.4. The molecular weight excluding hydrogens is 208 g/mol. The van der Waals surface area contributed by atoms with E-state index in [9.17, 15) is 0 Å². The average molecular weight is 234 g/mol. The zero-order valence-corrected chi connectivity index (χ0v) is 11.6. The molecule has 0 radical (unpaired) electrons. The Morgan fingerprint density at radius 3 is 2.24 bits per heavy atom. The molecule has 0 saturated carbocycles. The van der Waals surface area contributed by atoms with Gasteiger partial charge in [-0.2, -0.15) is 0 Å². The van der Waals surface area contributed by atoms with Crippen LogP contribution in [0.2, 0.25) is 0 Å². The van der Waals surface area contributed by atoms with Gasteiger partial charge in [-0.05, 0) is 31.9 Å². The second-order valence-corrected chi connectivity index (χ2v) is 5.42. The minimum Gasteiger partial charge on any atom is -0.329 e. The summed E-state index contributed by atoms with van der Waals surface area (Å²) < 4.78 is 0. The third-order valence-electron chi connectivity index (χ3n) is 3.19. The largest absolute Gasteiger partial charge is 0.329 e. The molecule has 1 unspecified atom stereocenters. The summed E-state index contributed by atoms with van der Waals surface area (Å²) in [5, 5.41) is 0. The van der Waals surface area contributed by atoms with Crippen LogP contribution in [-0.4, -0.2) is 24.5 Å². The Morgan fingerprint density at radius 2 is 1.76 bits per heavy atom. The van der Waals surface area contributed by atoms with E-state index in [0.717, 1.165) is 13.1 Å². The SMILES string of the molecule is Cc1ccc(CN(C)C(CN)CC(C)C)cc1. The number of rotatable bonds is 6. The highest BCUT2D eigenvalue weighted by molar-refractivity contribution is 5.21. The van der Waals surface area contributed by atoms with Gasteiger partial charge in [-0.15, -0.1) is 0 Å². The molecular formula is C15H26N2. The van der Waals surface area contributed by atoms with Gasteiger partial charge in [-0.3, -0.25) is 4.90 Å². The van der Waals surface area contributed by atoms with Crippen molar-refractivity contribution in [2.45, 2.75) is 39.8 Å². The second kappa shape index (κ2) is 6.77. The predicted molar refractivity (Wildman–Crippen MR) is 74.9 cm³/mol. The van der Waals surface area contributed by atoms with Crippen molar-refractivity contribution in [1.82, 2.24) is 4.90 Å². The van der Waals surface area contributed by atoms with Crippen LogP contribution in [0.5, 0.6) is 0 Å². The van der Waals surface area contributed by atoms with E-state index in [2.05, 4.69) is 57.0 Å². The highest BCUT2D eigenvalue weighted by atomic mass is 15.1. The fourth-order valence-electron chi connectivity index (χ4n) is 2.11. The molecule has 1 atom stereocenters. The van der Waals surface area contributed by atoms with Crippen LogP contribution in [0.3, 0.4) is 0 Å². The van der Waals surface area contributed by atoms with Crippen molar-refractivity contribution in [2.24, 2.45) is 11.7 Å². The van der Waals surface area contributed by atoms with Crippen LogP contribution in [-0.2, 0) is 6.54 Å². The number of hydrogen-bond donors (Lipinski definition) is 1. The Bertz CT molecular complexity index is 316. The predicted octanol–water partition coefficient (Wildman–Crippen LogP) is 2.80. The molecule has 0 bridgehead atoms. The first-order valence-electron chi connectivity index (χ1n) is 6.48. The van der Waals surface area contributed by atoms with Crippen LogP contribution < -0.4 is 5.73 Å². The van der Waals surface area contributed by atoms with Crippen molar-refractivity contribution in [3.63, 3.8) is 0 Å². The van der Waals surface area contributed by atoms with Gasteiger partial charge in [0.2, 0.25) is 0 Å². The quantitative estimate of drug-likeness (QED) is 0.820. The number of aryl methyl sites for hydroxylation is 1. The van der Waals surface area contributed by atoms with Gasteiger partial charge in [0.1, 0.15) is 0 Å². The summed E-state index contributed by atoms with van der Waals surface area (Å²) in [6.07, 6.45) is 1.17. The van der Waals surface area contributed by atoms with Crippen LogP contribution in [0, 0.1) is 12.8 Å². The lowest BCUT2D eigenvalue weighted by Gasteiger charge is -2.28. The first kappa shape index (κ1) is 14.2. The lowest BCUT2D eigenvalue weighted by Crippen LogP contribution is -2.38. The highest BCUT2D eigenvalue weighted by Gasteiger charge is 2.14. The Morgan fingerprint density at radius 1 is 1.18 bits per heavy atom. The van der Waals surface area contributed by atoms with E-state index in [1.807, 2.05) is 0 Å². The number of hydrogen-bond acceptors (Lipinski definition) is 2. The molecule has 0 fully saturated rings. The van der Waals surface area contributed by atoms with E-state index in [0.29, 0.717) is 12.0 Å². The first-order chi connectivity index (χ1) is 8.02. The number of benzene rings is 1. The lowest BCUT2D eigenvalue weighted by molar-refractivity contribution is 0.210. The molecule has 96 valence electrons. The van der Waals surface area contributed by atoms with E-state index in [1.54, 1.807) is 0 Å². The maximum absolute atomic E-state index is 5.86. The summed E-state index contributed by atoms with van der Waals surface area (Å²) in [5.41, 5.74) is 8.53. The molecule has 0 aliphatic heterocycles. The molecule has 17 heavy (non-hydrogen) atoms. The van der Waals surface area contributed by atoms with E-state index in [1.165, 1.54) is 17.5 Å². The van der Waals surface area contributed by atoms with Gasteiger partial charge >= 0.3 is 0 Å². The summed E-state index contributed by atoms with van der Waals surface area (Å²) >= 11 is 0. The molecule has 0 aliphatic rings. The van der Waals surface area contributed by atoms with Gasteiger partial charge in [0.25, 0.3) is 0 Å². The van der Waals surface area contributed by atoms with Crippen LogP contribution in [0.4, 0.5) is 0 Å². The molecule has 0 amide bonds. The van der Waals surface area contributed by atoms with Crippen molar-refractivity contribution in [3.05, 3.63) is 35.4 Å². The van der Waals surface area contributed by atoms with Gasteiger partial charge in [0.15, 0.2) is 0 Å². The van der Waals surface area contributed by atoms with Gasteiger partial charge in [0, 0.05) is 19.1 Å². The van der Waals surface area contributed by atoms with Crippen molar-refractivity contribution in [2.75, 3.05) is 13.6 Å². The van der Waals surface area contributed by atoms with Crippen molar-refractivity contribution >= 4 is 0 Å². The smallest absolute Gasteiger partial charge is 0.0234 e. The maximum Gasteiger partial charge on any atom is 0.0234 e. The van der Waals surface area contributed by atoms with Gasteiger partial charge in [-0.25, -0.2) is 0 Å². The minimum atomic E-state index is 0.483. The fourth-order valence-corrected chi connectivity index (χ4v) is 2.11. The Labute approximate surface area is 106 Å². The van der Waals surface area contributed by atoms with E-state index >= 15 is 0 Å². The second-order valence-electron chi connectivity index (χ2n) is 5.42. The maximum atomic E-state index is 5.86. The molecule has 0 heterocycles. The van der Waals surface area contributed by atoms with Gasteiger partial charge in [0.05, 0.1) is 0 Å².